The molecule has 0 bridgehead atoms. The van der Waals surface area contributed by atoms with E-state index in [2.05, 4.69) is 15.3 Å². The summed E-state index contributed by atoms with van der Waals surface area (Å²) in [5.74, 6) is -0.893. The highest BCUT2D eigenvalue weighted by molar-refractivity contribution is 8.00. The SMILES string of the molecule is Cc1cc(F)ccc1NC(=O)[C@@H](C)Sc1nc(-c2ccccc2)cc(C(F)(F)F)n1. The van der Waals surface area contributed by atoms with Gasteiger partial charge in [-0.2, -0.15) is 13.2 Å². The van der Waals surface area contributed by atoms with Crippen LogP contribution in [0.1, 0.15) is 18.2 Å². The number of nitrogens with zero attached hydrogens (tertiary/aromatic N) is 2. The Kier molecular flexibility index (Phi) is 6.40. The molecule has 9 heteroatoms. The van der Waals surface area contributed by atoms with E-state index in [0.717, 1.165) is 17.8 Å². The maximum atomic E-state index is 13.3. The lowest BCUT2D eigenvalue weighted by Gasteiger charge is -2.15. The third-order valence-electron chi connectivity index (χ3n) is 4.16. The fraction of sp³-hybridized carbons (Fsp3) is 0.190. The largest absolute Gasteiger partial charge is 0.433 e. The van der Waals surface area contributed by atoms with E-state index >= 15 is 0 Å². The molecule has 2 aromatic carbocycles. The molecule has 3 aromatic rings. The normalized spacial score (nSPS) is 12.5. The lowest BCUT2D eigenvalue weighted by Crippen LogP contribution is -2.23. The van der Waals surface area contributed by atoms with Crippen LogP contribution >= 0.6 is 11.8 Å². The molecule has 3 rings (SSSR count). The van der Waals surface area contributed by atoms with Crippen LogP contribution in [0.3, 0.4) is 0 Å². The number of carbonyl (C=O) groups excluding carboxylic acids is 1. The molecule has 0 saturated heterocycles. The van der Waals surface area contributed by atoms with Gasteiger partial charge in [0.15, 0.2) is 5.16 Å². The van der Waals surface area contributed by atoms with Crippen LogP contribution in [-0.4, -0.2) is 21.1 Å². The Bertz CT molecular complexity index is 1060. The molecule has 0 aliphatic rings. The van der Waals surface area contributed by atoms with Crippen LogP contribution in [0.25, 0.3) is 11.3 Å². The topological polar surface area (TPSA) is 54.9 Å². The van der Waals surface area contributed by atoms with Gasteiger partial charge in [-0.15, -0.1) is 0 Å². The fourth-order valence-electron chi connectivity index (χ4n) is 2.59. The molecule has 156 valence electrons. The van der Waals surface area contributed by atoms with Crippen molar-refractivity contribution in [1.82, 2.24) is 9.97 Å². The van der Waals surface area contributed by atoms with E-state index in [4.69, 9.17) is 0 Å². The first-order valence-electron chi connectivity index (χ1n) is 8.89. The van der Waals surface area contributed by atoms with E-state index in [1.165, 1.54) is 25.1 Å². The van der Waals surface area contributed by atoms with Gasteiger partial charge in [-0.3, -0.25) is 4.79 Å². The predicted molar refractivity (Wildman–Crippen MR) is 108 cm³/mol. The lowest BCUT2D eigenvalue weighted by atomic mass is 10.1. The number of nitrogens with one attached hydrogen (secondary N) is 1. The van der Waals surface area contributed by atoms with E-state index in [-0.39, 0.29) is 10.9 Å². The monoisotopic (exact) mass is 435 g/mol. The van der Waals surface area contributed by atoms with Gasteiger partial charge in [-0.1, -0.05) is 42.1 Å². The van der Waals surface area contributed by atoms with E-state index in [1.807, 2.05) is 0 Å². The van der Waals surface area contributed by atoms with Crippen LogP contribution in [-0.2, 0) is 11.0 Å². The molecule has 0 unspecified atom stereocenters. The van der Waals surface area contributed by atoms with E-state index in [9.17, 15) is 22.4 Å². The second-order valence-corrected chi connectivity index (χ2v) is 7.80. The Morgan fingerprint density at radius 1 is 1.07 bits per heavy atom. The number of benzene rings is 2. The number of aromatic nitrogens is 2. The summed E-state index contributed by atoms with van der Waals surface area (Å²) in [6.07, 6.45) is -4.65. The lowest BCUT2D eigenvalue weighted by molar-refractivity contribution is -0.141. The zero-order chi connectivity index (χ0) is 21.9. The second-order valence-electron chi connectivity index (χ2n) is 6.49. The van der Waals surface area contributed by atoms with Crippen molar-refractivity contribution in [3.63, 3.8) is 0 Å². The Morgan fingerprint density at radius 2 is 1.77 bits per heavy atom. The van der Waals surface area contributed by atoms with Gasteiger partial charge in [0.05, 0.1) is 10.9 Å². The number of rotatable bonds is 5. The number of anilines is 1. The number of aryl methyl sites for hydroxylation is 1. The predicted octanol–water partition coefficient (Wildman–Crippen LogP) is 5.73. The van der Waals surface area contributed by atoms with Crippen molar-refractivity contribution in [1.29, 1.82) is 0 Å². The molecular weight excluding hydrogens is 418 g/mol. The molecule has 1 atom stereocenters. The summed E-state index contributed by atoms with van der Waals surface area (Å²) in [6, 6.07) is 13.2. The zero-order valence-corrected chi connectivity index (χ0v) is 16.8. The van der Waals surface area contributed by atoms with Gasteiger partial charge in [0.25, 0.3) is 0 Å². The van der Waals surface area contributed by atoms with Gasteiger partial charge < -0.3 is 5.32 Å². The van der Waals surface area contributed by atoms with Crippen LogP contribution in [0.2, 0.25) is 0 Å². The smallest absolute Gasteiger partial charge is 0.325 e. The first-order chi connectivity index (χ1) is 14.1. The Morgan fingerprint density at radius 3 is 2.40 bits per heavy atom. The molecule has 0 spiro atoms. The van der Waals surface area contributed by atoms with Gasteiger partial charge in [0.1, 0.15) is 11.5 Å². The number of alkyl halides is 3. The van der Waals surface area contributed by atoms with Crippen molar-refractivity contribution in [2.75, 3.05) is 5.32 Å². The van der Waals surface area contributed by atoms with Gasteiger partial charge in [0.2, 0.25) is 5.91 Å². The average Bonchev–Trinajstić information content (AvgIpc) is 2.69. The molecular formula is C21H17F4N3OS. The molecule has 0 fully saturated rings. The summed E-state index contributed by atoms with van der Waals surface area (Å²) >= 11 is 0.811. The molecule has 1 N–H and O–H groups in total. The highest BCUT2D eigenvalue weighted by Gasteiger charge is 2.34. The van der Waals surface area contributed by atoms with Crippen LogP contribution in [0, 0.1) is 12.7 Å². The summed E-state index contributed by atoms with van der Waals surface area (Å²) in [5, 5.41) is 1.69. The molecule has 1 heterocycles. The summed E-state index contributed by atoms with van der Waals surface area (Å²) < 4.78 is 53.2. The van der Waals surface area contributed by atoms with Crippen molar-refractivity contribution in [3.8, 4) is 11.3 Å². The minimum Gasteiger partial charge on any atom is -0.325 e. The van der Waals surface area contributed by atoms with E-state index in [0.29, 0.717) is 16.8 Å². The quantitative estimate of drug-likeness (QED) is 0.316. The summed E-state index contributed by atoms with van der Waals surface area (Å²) in [4.78, 5) is 20.3. The van der Waals surface area contributed by atoms with E-state index < -0.39 is 28.8 Å². The summed E-state index contributed by atoms with van der Waals surface area (Å²) in [6.45, 7) is 3.17. The minimum absolute atomic E-state index is 0.113. The van der Waals surface area contributed by atoms with Crippen molar-refractivity contribution in [2.24, 2.45) is 0 Å². The molecule has 1 aromatic heterocycles. The average molecular weight is 435 g/mol. The number of thioether (sulfide) groups is 1. The number of carbonyl (C=O) groups is 1. The van der Waals surface area contributed by atoms with Crippen LogP contribution in [0.15, 0.2) is 59.8 Å². The van der Waals surface area contributed by atoms with Crippen molar-refractivity contribution in [2.45, 2.75) is 30.4 Å². The molecule has 1 amide bonds. The Labute approximate surface area is 174 Å². The molecule has 0 aliphatic carbocycles. The van der Waals surface area contributed by atoms with Crippen LogP contribution in [0.5, 0.6) is 0 Å². The highest BCUT2D eigenvalue weighted by atomic mass is 32.2. The maximum absolute atomic E-state index is 13.3. The van der Waals surface area contributed by atoms with E-state index in [1.54, 1.807) is 37.3 Å². The summed E-state index contributed by atoms with van der Waals surface area (Å²) in [7, 11) is 0. The first-order valence-corrected chi connectivity index (χ1v) is 9.77. The van der Waals surface area contributed by atoms with Crippen molar-refractivity contribution in [3.05, 3.63) is 71.7 Å². The van der Waals surface area contributed by atoms with Crippen LogP contribution < -0.4 is 5.32 Å². The fourth-order valence-corrected chi connectivity index (χ4v) is 3.38. The number of amides is 1. The second kappa shape index (κ2) is 8.83. The van der Waals surface area contributed by atoms with Crippen LogP contribution in [0.4, 0.5) is 23.2 Å². The molecule has 0 radical (unpaired) electrons. The number of halogens is 4. The third kappa shape index (κ3) is 5.35. The molecule has 30 heavy (non-hydrogen) atoms. The number of hydrogen-bond donors (Lipinski definition) is 1. The van der Waals surface area contributed by atoms with Gasteiger partial charge in [-0.05, 0) is 43.7 Å². The summed E-state index contributed by atoms with van der Waals surface area (Å²) in [5.41, 5.74) is 0.487. The van der Waals surface area contributed by atoms with Gasteiger partial charge >= 0.3 is 6.18 Å². The maximum Gasteiger partial charge on any atom is 0.433 e. The Balaban J connectivity index is 1.84. The minimum atomic E-state index is -4.65. The van der Waals surface area contributed by atoms with Crippen molar-refractivity contribution >= 4 is 23.4 Å². The molecule has 0 aliphatic heterocycles. The standard InChI is InChI=1S/C21H17F4N3OS/c1-12-10-15(22)8-9-16(12)26-19(29)13(2)30-20-27-17(14-6-4-3-5-7-14)11-18(28-20)21(23,24)25/h3-11,13H,1-2H3,(H,26,29)/t13-/m1/s1. The highest BCUT2D eigenvalue weighted by Crippen LogP contribution is 2.33. The molecule has 0 saturated carbocycles. The van der Waals surface area contributed by atoms with Gasteiger partial charge in [0, 0.05) is 11.3 Å². The molecule has 4 nitrogen and oxygen atoms in total. The first kappa shape index (κ1) is 21.8. The Hall–Kier alpha value is -2.94. The van der Waals surface area contributed by atoms with Gasteiger partial charge in [-0.25, -0.2) is 14.4 Å². The van der Waals surface area contributed by atoms with Crippen molar-refractivity contribution < 1.29 is 22.4 Å². The third-order valence-corrected chi connectivity index (χ3v) is 5.12. The zero-order valence-electron chi connectivity index (χ0n) is 16.0. The number of hydrogen-bond acceptors (Lipinski definition) is 4.